The van der Waals surface area contributed by atoms with Gasteiger partial charge in [-0.2, -0.15) is 5.26 Å². The Kier molecular flexibility index (Phi) is 2.44. The van der Waals surface area contributed by atoms with Crippen LogP contribution in [-0.4, -0.2) is 16.1 Å². The van der Waals surface area contributed by atoms with Gasteiger partial charge >= 0.3 is 5.97 Å². The predicted molar refractivity (Wildman–Crippen MR) is 62.4 cm³/mol. The molecule has 5 heteroatoms. The Morgan fingerprint density at radius 3 is 2.81 bits per heavy atom. The molecule has 0 spiro atoms. The number of carboxylic acids is 1. The van der Waals surface area contributed by atoms with Crippen molar-refractivity contribution in [2.75, 3.05) is 0 Å². The minimum absolute atomic E-state index is 0.158. The minimum Gasteiger partial charge on any atom is -0.477 e. The van der Waals surface area contributed by atoms with Gasteiger partial charge in [-0.3, -0.25) is 0 Å². The van der Waals surface area contributed by atoms with Gasteiger partial charge in [0.1, 0.15) is 5.69 Å². The number of nitrogens with zero attached hydrogens (tertiary/aromatic N) is 1. The van der Waals surface area contributed by atoms with Crippen molar-refractivity contribution in [1.29, 1.82) is 5.26 Å². The molecule has 2 N–H and O–H groups in total. The Hall–Kier alpha value is -1.80. The maximum atomic E-state index is 10.9. The van der Waals surface area contributed by atoms with E-state index in [0.29, 0.717) is 21.1 Å². The normalized spacial score (nSPS) is 10.3. The van der Waals surface area contributed by atoms with Gasteiger partial charge in [0.05, 0.1) is 17.1 Å². The molecule has 0 saturated heterocycles. The van der Waals surface area contributed by atoms with Gasteiger partial charge in [0.25, 0.3) is 0 Å². The lowest BCUT2D eigenvalue weighted by atomic mass is 10.1. The van der Waals surface area contributed by atoms with E-state index in [0.717, 1.165) is 5.39 Å². The molecule has 0 saturated carbocycles. The topological polar surface area (TPSA) is 76.9 Å². The maximum Gasteiger partial charge on any atom is 0.352 e. The molecule has 2 rings (SSSR count). The lowest BCUT2D eigenvalue weighted by molar-refractivity contribution is 0.0691. The molecular formula is C11H7BrN2O2. The average Bonchev–Trinajstić information content (AvgIpc) is 2.57. The van der Waals surface area contributed by atoms with Crippen LogP contribution < -0.4 is 0 Å². The van der Waals surface area contributed by atoms with Crippen molar-refractivity contribution in [3.05, 3.63) is 33.4 Å². The van der Waals surface area contributed by atoms with E-state index >= 15 is 0 Å². The number of aromatic nitrogens is 1. The van der Waals surface area contributed by atoms with E-state index in [2.05, 4.69) is 20.9 Å². The summed E-state index contributed by atoms with van der Waals surface area (Å²) in [6.07, 6.45) is 0. The highest BCUT2D eigenvalue weighted by atomic mass is 79.9. The number of H-pyrrole nitrogens is 1. The molecule has 80 valence electrons. The third kappa shape index (κ3) is 1.48. The Bertz CT molecular complexity index is 637. The molecule has 0 aliphatic rings. The second-order valence-electron chi connectivity index (χ2n) is 3.42. The Balaban J connectivity index is 2.88. The Morgan fingerprint density at radius 2 is 2.25 bits per heavy atom. The van der Waals surface area contributed by atoms with E-state index in [9.17, 15) is 4.79 Å². The summed E-state index contributed by atoms with van der Waals surface area (Å²) in [7, 11) is 0. The molecule has 1 aromatic heterocycles. The van der Waals surface area contributed by atoms with Gasteiger partial charge in [-0.15, -0.1) is 0 Å². The van der Waals surface area contributed by atoms with E-state index in [1.54, 1.807) is 19.1 Å². The number of rotatable bonds is 1. The lowest BCUT2D eigenvalue weighted by Crippen LogP contribution is -1.98. The third-order valence-electron chi connectivity index (χ3n) is 2.46. The average molecular weight is 279 g/mol. The predicted octanol–water partition coefficient (Wildman–Crippen LogP) is 2.81. The van der Waals surface area contributed by atoms with Crippen LogP contribution in [-0.2, 0) is 0 Å². The molecule has 0 aliphatic heterocycles. The molecule has 1 aromatic carbocycles. The van der Waals surface area contributed by atoms with Crippen molar-refractivity contribution in [3.63, 3.8) is 0 Å². The standard InChI is InChI=1S/C11H7BrN2O2/c1-5-7-2-6(4-13)3-8(12)10(7)14-9(5)11(15)16/h2-3,14H,1H3,(H,15,16). The van der Waals surface area contributed by atoms with E-state index in [1.807, 2.05) is 6.07 Å². The highest BCUT2D eigenvalue weighted by molar-refractivity contribution is 9.10. The minimum atomic E-state index is -1.00. The quantitative estimate of drug-likeness (QED) is 0.842. The van der Waals surface area contributed by atoms with Crippen molar-refractivity contribution >= 4 is 32.8 Å². The summed E-state index contributed by atoms with van der Waals surface area (Å²) in [5.41, 5.74) is 2.00. The van der Waals surface area contributed by atoms with Crippen LogP contribution in [0.3, 0.4) is 0 Å². The number of aryl methyl sites for hydroxylation is 1. The summed E-state index contributed by atoms with van der Waals surface area (Å²) in [5, 5.41) is 18.6. The van der Waals surface area contributed by atoms with Crippen LogP contribution in [0.25, 0.3) is 10.9 Å². The second-order valence-corrected chi connectivity index (χ2v) is 4.28. The summed E-state index contributed by atoms with van der Waals surface area (Å²) in [4.78, 5) is 13.8. The van der Waals surface area contributed by atoms with E-state index in [1.165, 1.54) is 0 Å². The van der Waals surface area contributed by atoms with Crippen LogP contribution in [0.5, 0.6) is 0 Å². The number of benzene rings is 1. The van der Waals surface area contributed by atoms with E-state index < -0.39 is 5.97 Å². The van der Waals surface area contributed by atoms with Gasteiger partial charge < -0.3 is 10.1 Å². The molecule has 0 unspecified atom stereocenters. The summed E-state index contributed by atoms with van der Waals surface area (Å²) < 4.78 is 0.692. The second kappa shape index (κ2) is 3.65. The molecule has 16 heavy (non-hydrogen) atoms. The van der Waals surface area contributed by atoms with Crippen LogP contribution in [0.4, 0.5) is 0 Å². The molecular weight excluding hydrogens is 272 g/mol. The highest BCUT2D eigenvalue weighted by Gasteiger charge is 2.15. The monoisotopic (exact) mass is 278 g/mol. The SMILES string of the molecule is Cc1c(C(=O)O)[nH]c2c(Br)cc(C#N)cc12. The van der Waals surface area contributed by atoms with Crippen molar-refractivity contribution in [2.24, 2.45) is 0 Å². The first-order valence-electron chi connectivity index (χ1n) is 4.50. The largest absolute Gasteiger partial charge is 0.477 e. The van der Waals surface area contributed by atoms with Gasteiger partial charge in [-0.25, -0.2) is 4.79 Å². The van der Waals surface area contributed by atoms with Crippen LogP contribution in [0.1, 0.15) is 21.6 Å². The fraction of sp³-hybridized carbons (Fsp3) is 0.0909. The van der Waals surface area contributed by atoms with Gasteiger partial charge in [-0.1, -0.05) is 0 Å². The number of hydrogen-bond donors (Lipinski definition) is 2. The Labute approximate surface area is 99.6 Å². The molecule has 4 nitrogen and oxygen atoms in total. The number of halogens is 1. The number of carboxylic acid groups (broad SMARTS) is 1. The lowest BCUT2D eigenvalue weighted by Gasteiger charge is -1.96. The number of hydrogen-bond acceptors (Lipinski definition) is 2. The van der Waals surface area contributed by atoms with Crippen LogP contribution in [0.15, 0.2) is 16.6 Å². The molecule has 0 atom stereocenters. The van der Waals surface area contributed by atoms with Gasteiger partial charge in [0, 0.05) is 9.86 Å². The molecule has 0 bridgehead atoms. The number of fused-ring (bicyclic) bond motifs is 1. The van der Waals surface area contributed by atoms with Crippen LogP contribution in [0.2, 0.25) is 0 Å². The molecule has 0 radical (unpaired) electrons. The molecule has 0 amide bonds. The van der Waals surface area contributed by atoms with Crippen molar-refractivity contribution in [1.82, 2.24) is 4.98 Å². The zero-order chi connectivity index (χ0) is 11.9. The molecule has 0 aliphatic carbocycles. The zero-order valence-electron chi connectivity index (χ0n) is 8.34. The number of nitriles is 1. The first kappa shape index (κ1) is 10.7. The number of nitrogens with one attached hydrogen (secondary N) is 1. The zero-order valence-corrected chi connectivity index (χ0v) is 9.92. The highest BCUT2D eigenvalue weighted by Crippen LogP contribution is 2.29. The Morgan fingerprint density at radius 1 is 1.56 bits per heavy atom. The van der Waals surface area contributed by atoms with Gasteiger partial charge in [0.2, 0.25) is 0 Å². The van der Waals surface area contributed by atoms with Gasteiger partial charge in [0.15, 0.2) is 0 Å². The van der Waals surface area contributed by atoms with Gasteiger partial charge in [-0.05, 0) is 40.5 Å². The molecule has 2 aromatic rings. The fourth-order valence-electron chi connectivity index (χ4n) is 1.66. The number of aromatic carboxylic acids is 1. The number of aromatic amines is 1. The van der Waals surface area contributed by atoms with Crippen molar-refractivity contribution in [3.8, 4) is 6.07 Å². The molecule has 1 heterocycles. The number of carbonyl (C=O) groups is 1. The summed E-state index contributed by atoms with van der Waals surface area (Å²) in [6.45, 7) is 1.72. The summed E-state index contributed by atoms with van der Waals surface area (Å²) in [5.74, 6) is -1.00. The first-order valence-corrected chi connectivity index (χ1v) is 5.29. The molecule has 0 fully saturated rings. The third-order valence-corrected chi connectivity index (χ3v) is 3.09. The smallest absolute Gasteiger partial charge is 0.352 e. The maximum absolute atomic E-state index is 10.9. The first-order chi connectivity index (χ1) is 7.54. The summed E-state index contributed by atoms with van der Waals surface area (Å²) in [6, 6.07) is 5.37. The van der Waals surface area contributed by atoms with E-state index in [4.69, 9.17) is 10.4 Å². The van der Waals surface area contributed by atoms with Crippen LogP contribution >= 0.6 is 15.9 Å². The van der Waals surface area contributed by atoms with Crippen LogP contribution in [0, 0.1) is 18.3 Å². The van der Waals surface area contributed by atoms with Crippen molar-refractivity contribution in [2.45, 2.75) is 6.92 Å². The van der Waals surface area contributed by atoms with Crippen molar-refractivity contribution < 1.29 is 9.90 Å². The fourth-order valence-corrected chi connectivity index (χ4v) is 2.22. The summed E-state index contributed by atoms with van der Waals surface area (Å²) >= 11 is 3.31. The van der Waals surface area contributed by atoms with E-state index in [-0.39, 0.29) is 5.69 Å².